The second kappa shape index (κ2) is 5.98. The summed E-state index contributed by atoms with van der Waals surface area (Å²) in [4.78, 5) is 12.7. The zero-order chi connectivity index (χ0) is 10.4. The Morgan fingerprint density at radius 1 is 1.36 bits per heavy atom. The zero-order valence-electron chi connectivity index (χ0n) is 8.61. The van der Waals surface area contributed by atoms with Crippen LogP contribution in [0, 0.1) is 0 Å². The highest BCUT2D eigenvalue weighted by molar-refractivity contribution is 5.66. The van der Waals surface area contributed by atoms with Gasteiger partial charge in [0.2, 0.25) is 0 Å². The number of hydrogen-bond acceptors (Lipinski definition) is 3. The Bertz CT molecular complexity index is 179. The minimum absolute atomic E-state index is 0.0479. The maximum atomic E-state index is 10.3. The minimum atomic E-state index is -0.748. The first-order valence-corrected chi connectivity index (χ1v) is 5.38. The van der Waals surface area contributed by atoms with Crippen molar-refractivity contribution in [3.05, 3.63) is 0 Å². The lowest BCUT2D eigenvalue weighted by atomic mass is 10.1. The highest BCUT2D eigenvalue weighted by Crippen LogP contribution is 2.09. The van der Waals surface area contributed by atoms with Crippen molar-refractivity contribution < 1.29 is 9.90 Å². The van der Waals surface area contributed by atoms with Crippen LogP contribution in [0.2, 0.25) is 0 Å². The number of hydrogen-bond donors (Lipinski definition) is 2. The number of likely N-dealkylation sites (tertiary alicyclic amines) is 1. The summed E-state index contributed by atoms with van der Waals surface area (Å²) < 4.78 is 0. The summed E-state index contributed by atoms with van der Waals surface area (Å²) in [6, 6.07) is 0.0479. The molecule has 0 saturated carbocycles. The molecule has 0 aromatic carbocycles. The molecule has 0 radical (unpaired) electrons. The van der Waals surface area contributed by atoms with E-state index < -0.39 is 5.97 Å². The molecule has 0 bridgehead atoms. The van der Waals surface area contributed by atoms with Crippen LogP contribution in [0.3, 0.4) is 0 Å². The predicted molar refractivity (Wildman–Crippen MR) is 55.1 cm³/mol. The molecule has 1 atom stereocenters. The van der Waals surface area contributed by atoms with Crippen molar-refractivity contribution in [2.75, 3.05) is 19.6 Å². The number of nitrogens with zero attached hydrogens (tertiary/aromatic N) is 1. The SMILES string of the molecule is NC(CCC(=O)O)CCN1CCCC1. The third kappa shape index (κ3) is 4.58. The number of aliphatic carboxylic acids is 1. The summed E-state index contributed by atoms with van der Waals surface area (Å²) in [5, 5.41) is 8.48. The third-order valence-electron chi connectivity index (χ3n) is 2.74. The third-order valence-corrected chi connectivity index (χ3v) is 2.74. The lowest BCUT2D eigenvalue weighted by Crippen LogP contribution is -2.29. The quantitative estimate of drug-likeness (QED) is 0.661. The number of carbonyl (C=O) groups is 1. The van der Waals surface area contributed by atoms with E-state index in [1.54, 1.807) is 0 Å². The monoisotopic (exact) mass is 200 g/mol. The van der Waals surface area contributed by atoms with Crippen molar-refractivity contribution in [2.24, 2.45) is 5.73 Å². The largest absolute Gasteiger partial charge is 0.481 e. The van der Waals surface area contributed by atoms with Gasteiger partial charge in [-0.3, -0.25) is 4.79 Å². The fourth-order valence-electron chi connectivity index (χ4n) is 1.81. The molecule has 1 aliphatic rings. The van der Waals surface area contributed by atoms with Gasteiger partial charge in [0.05, 0.1) is 0 Å². The molecule has 4 nitrogen and oxygen atoms in total. The normalized spacial score (nSPS) is 19.8. The first-order valence-electron chi connectivity index (χ1n) is 5.38. The summed E-state index contributed by atoms with van der Waals surface area (Å²) in [5.41, 5.74) is 5.81. The molecule has 1 saturated heterocycles. The highest BCUT2D eigenvalue weighted by atomic mass is 16.4. The van der Waals surface area contributed by atoms with Crippen LogP contribution in [0.25, 0.3) is 0 Å². The maximum Gasteiger partial charge on any atom is 0.303 e. The molecule has 1 rings (SSSR count). The topological polar surface area (TPSA) is 66.6 Å². The first kappa shape index (κ1) is 11.5. The van der Waals surface area contributed by atoms with Gasteiger partial charge in [0, 0.05) is 12.5 Å². The highest BCUT2D eigenvalue weighted by Gasteiger charge is 2.13. The van der Waals surface area contributed by atoms with Crippen LogP contribution in [0.1, 0.15) is 32.1 Å². The van der Waals surface area contributed by atoms with Crippen molar-refractivity contribution in [1.82, 2.24) is 4.90 Å². The van der Waals surface area contributed by atoms with Crippen molar-refractivity contribution in [1.29, 1.82) is 0 Å². The molecule has 0 aromatic heterocycles. The summed E-state index contributed by atoms with van der Waals surface area (Å²) in [7, 11) is 0. The van der Waals surface area contributed by atoms with Gasteiger partial charge in [-0.2, -0.15) is 0 Å². The van der Waals surface area contributed by atoms with E-state index in [-0.39, 0.29) is 12.5 Å². The number of carboxylic acids is 1. The molecule has 1 aliphatic heterocycles. The van der Waals surface area contributed by atoms with E-state index >= 15 is 0 Å². The van der Waals surface area contributed by atoms with Crippen molar-refractivity contribution in [3.8, 4) is 0 Å². The van der Waals surface area contributed by atoms with E-state index in [0.717, 1.165) is 13.0 Å². The molecule has 1 fully saturated rings. The van der Waals surface area contributed by atoms with Crippen molar-refractivity contribution >= 4 is 5.97 Å². The van der Waals surface area contributed by atoms with E-state index in [0.29, 0.717) is 6.42 Å². The Morgan fingerprint density at radius 3 is 2.57 bits per heavy atom. The molecule has 1 heterocycles. The second-order valence-corrected chi connectivity index (χ2v) is 4.03. The Morgan fingerprint density at radius 2 is 2.00 bits per heavy atom. The average Bonchev–Trinajstić information content (AvgIpc) is 2.63. The molecule has 1 unspecified atom stereocenters. The van der Waals surface area contributed by atoms with Crippen LogP contribution in [0.5, 0.6) is 0 Å². The first-order chi connectivity index (χ1) is 6.68. The van der Waals surface area contributed by atoms with Gasteiger partial charge in [-0.15, -0.1) is 0 Å². The molecular formula is C10H20N2O2. The maximum absolute atomic E-state index is 10.3. The zero-order valence-corrected chi connectivity index (χ0v) is 8.61. The average molecular weight is 200 g/mol. The molecule has 0 amide bonds. The molecule has 4 heteroatoms. The number of rotatable bonds is 6. The van der Waals surface area contributed by atoms with Gasteiger partial charge in [0.25, 0.3) is 0 Å². The molecule has 14 heavy (non-hydrogen) atoms. The van der Waals surface area contributed by atoms with Gasteiger partial charge in [-0.05, 0) is 45.3 Å². The lowest BCUT2D eigenvalue weighted by molar-refractivity contribution is -0.137. The second-order valence-electron chi connectivity index (χ2n) is 4.03. The van der Waals surface area contributed by atoms with E-state index in [1.807, 2.05) is 0 Å². The van der Waals surface area contributed by atoms with Gasteiger partial charge < -0.3 is 15.7 Å². The van der Waals surface area contributed by atoms with Gasteiger partial charge in [0.15, 0.2) is 0 Å². The van der Waals surface area contributed by atoms with Crippen LogP contribution >= 0.6 is 0 Å². The minimum Gasteiger partial charge on any atom is -0.481 e. The summed E-state index contributed by atoms with van der Waals surface area (Å²) >= 11 is 0. The van der Waals surface area contributed by atoms with Gasteiger partial charge in [-0.25, -0.2) is 0 Å². The van der Waals surface area contributed by atoms with Crippen LogP contribution in [0.15, 0.2) is 0 Å². The summed E-state index contributed by atoms with van der Waals surface area (Å²) in [6.07, 6.45) is 4.31. The van der Waals surface area contributed by atoms with Crippen LogP contribution in [0.4, 0.5) is 0 Å². The fraction of sp³-hybridized carbons (Fsp3) is 0.900. The van der Waals surface area contributed by atoms with Gasteiger partial charge in [-0.1, -0.05) is 0 Å². The Balaban J connectivity index is 2.02. The molecule has 0 aliphatic carbocycles. The van der Waals surface area contributed by atoms with E-state index in [9.17, 15) is 4.79 Å². The van der Waals surface area contributed by atoms with E-state index in [1.165, 1.54) is 25.9 Å². The molecule has 0 spiro atoms. The number of carboxylic acid groups (broad SMARTS) is 1. The lowest BCUT2D eigenvalue weighted by Gasteiger charge is -2.17. The number of nitrogens with two attached hydrogens (primary N) is 1. The standard InChI is InChI=1S/C10H20N2O2/c11-9(3-4-10(13)14)5-8-12-6-1-2-7-12/h9H,1-8,11H2,(H,13,14). The van der Waals surface area contributed by atoms with Crippen molar-refractivity contribution in [3.63, 3.8) is 0 Å². The van der Waals surface area contributed by atoms with Crippen LogP contribution < -0.4 is 5.73 Å². The van der Waals surface area contributed by atoms with Crippen molar-refractivity contribution in [2.45, 2.75) is 38.1 Å². The summed E-state index contributed by atoms with van der Waals surface area (Å²) in [5.74, 6) is -0.748. The van der Waals surface area contributed by atoms with Crippen LogP contribution in [-0.2, 0) is 4.79 Å². The van der Waals surface area contributed by atoms with Crippen LogP contribution in [-0.4, -0.2) is 41.7 Å². The molecule has 0 aromatic rings. The molecule has 82 valence electrons. The fourth-order valence-corrected chi connectivity index (χ4v) is 1.81. The Labute approximate surface area is 85.1 Å². The Hall–Kier alpha value is -0.610. The summed E-state index contributed by atoms with van der Waals surface area (Å²) in [6.45, 7) is 3.40. The molecule has 3 N–H and O–H groups in total. The smallest absolute Gasteiger partial charge is 0.303 e. The van der Waals surface area contributed by atoms with Gasteiger partial charge >= 0.3 is 5.97 Å². The predicted octanol–water partition coefficient (Wildman–Crippen LogP) is 0.664. The Kier molecular flexibility index (Phi) is 4.90. The van der Waals surface area contributed by atoms with Gasteiger partial charge in [0.1, 0.15) is 0 Å². The van der Waals surface area contributed by atoms with E-state index in [2.05, 4.69) is 4.90 Å². The molecular weight excluding hydrogens is 180 g/mol. The van der Waals surface area contributed by atoms with E-state index in [4.69, 9.17) is 10.8 Å².